The molecule has 1 aromatic carbocycles. The van der Waals surface area contributed by atoms with Gasteiger partial charge in [0.1, 0.15) is 5.78 Å². The van der Waals surface area contributed by atoms with Crippen molar-refractivity contribution in [2.45, 2.75) is 38.4 Å². The summed E-state index contributed by atoms with van der Waals surface area (Å²) in [4.78, 5) is 24.4. The van der Waals surface area contributed by atoms with E-state index in [1.807, 2.05) is 38.1 Å². The molecule has 2 aliphatic rings. The van der Waals surface area contributed by atoms with Gasteiger partial charge >= 0.3 is 0 Å². The number of rotatable bonds is 1. The van der Waals surface area contributed by atoms with E-state index >= 15 is 0 Å². The molecule has 100 valence electrons. The molecular weight excluding hydrogens is 242 g/mol. The molecular formula is C15H17NO3. The Morgan fingerprint density at radius 1 is 1.32 bits per heavy atom. The van der Waals surface area contributed by atoms with E-state index in [-0.39, 0.29) is 30.1 Å². The maximum absolute atomic E-state index is 12.3. The number of nitrogens with one attached hydrogen (secondary N) is 1. The van der Waals surface area contributed by atoms with Gasteiger partial charge in [-0.3, -0.25) is 9.59 Å². The van der Waals surface area contributed by atoms with E-state index in [4.69, 9.17) is 4.74 Å². The first-order valence-electron chi connectivity index (χ1n) is 6.63. The number of fused-ring (bicyclic) bond motifs is 2. The number of Topliss-reactive ketones (excluding diaryl/α,β-unsaturated/α-hetero) is 1. The van der Waals surface area contributed by atoms with E-state index in [0.29, 0.717) is 6.42 Å². The van der Waals surface area contributed by atoms with Crippen molar-refractivity contribution in [1.29, 1.82) is 0 Å². The fourth-order valence-electron chi connectivity index (χ4n) is 2.87. The van der Waals surface area contributed by atoms with Gasteiger partial charge in [0, 0.05) is 24.1 Å². The highest BCUT2D eigenvalue weighted by Gasteiger charge is 2.53. The van der Waals surface area contributed by atoms with Crippen molar-refractivity contribution in [3.05, 3.63) is 29.8 Å². The number of hydrogen-bond donors (Lipinski definition) is 1. The number of benzene rings is 1. The third kappa shape index (κ3) is 1.78. The van der Waals surface area contributed by atoms with Crippen molar-refractivity contribution in [3.8, 4) is 0 Å². The van der Waals surface area contributed by atoms with Gasteiger partial charge < -0.3 is 10.1 Å². The third-order valence-electron chi connectivity index (χ3n) is 3.95. The van der Waals surface area contributed by atoms with Crippen LogP contribution >= 0.6 is 0 Å². The summed E-state index contributed by atoms with van der Waals surface area (Å²) in [6, 6.07) is 7.44. The van der Waals surface area contributed by atoms with Gasteiger partial charge in [-0.15, -0.1) is 0 Å². The smallest absolute Gasteiger partial charge is 0.261 e. The summed E-state index contributed by atoms with van der Waals surface area (Å²) in [7, 11) is 0. The molecule has 0 bridgehead atoms. The molecule has 2 atom stereocenters. The quantitative estimate of drug-likeness (QED) is 0.841. The lowest BCUT2D eigenvalue weighted by Gasteiger charge is -2.37. The molecule has 1 aromatic rings. The van der Waals surface area contributed by atoms with E-state index in [9.17, 15) is 9.59 Å². The molecule has 4 heteroatoms. The van der Waals surface area contributed by atoms with Crippen LogP contribution in [0.15, 0.2) is 24.3 Å². The minimum Gasteiger partial charge on any atom is -0.356 e. The van der Waals surface area contributed by atoms with Crippen LogP contribution in [0.4, 0.5) is 5.69 Å². The summed E-state index contributed by atoms with van der Waals surface area (Å²) < 4.78 is 6.07. The number of anilines is 1. The van der Waals surface area contributed by atoms with Crippen LogP contribution < -0.4 is 5.32 Å². The first-order chi connectivity index (χ1) is 9.03. The molecule has 0 radical (unpaired) electrons. The maximum atomic E-state index is 12.3. The second-order valence-electron chi connectivity index (χ2n) is 5.65. The van der Waals surface area contributed by atoms with Gasteiger partial charge in [-0.05, 0) is 12.0 Å². The normalized spacial score (nSPS) is 29.7. The fraction of sp³-hybridized carbons (Fsp3) is 0.467. The Bertz CT molecular complexity index is 552. The van der Waals surface area contributed by atoms with E-state index in [0.717, 1.165) is 11.3 Å². The molecule has 2 aliphatic heterocycles. The molecule has 1 fully saturated rings. The van der Waals surface area contributed by atoms with Crippen LogP contribution in [-0.2, 0) is 19.9 Å². The number of ketones is 1. The fourth-order valence-corrected chi connectivity index (χ4v) is 2.87. The van der Waals surface area contributed by atoms with E-state index in [1.54, 1.807) is 0 Å². The zero-order valence-corrected chi connectivity index (χ0v) is 11.1. The van der Waals surface area contributed by atoms with Crippen molar-refractivity contribution in [2.75, 3.05) is 5.32 Å². The summed E-state index contributed by atoms with van der Waals surface area (Å²) in [6.45, 7) is 4.02. The average molecular weight is 259 g/mol. The average Bonchev–Trinajstić information content (AvgIpc) is 2.62. The molecule has 1 N–H and O–H groups in total. The maximum Gasteiger partial charge on any atom is 0.261 e. The summed E-state index contributed by atoms with van der Waals surface area (Å²) in [5, 5.41) is 2.82. The Kier molecular flexibility index (Phi) is 2.71. The Hall–Kier alpha value is -1.68. The van der Waals surface area contributed by atoms with Crippen LogP contribution in [0, 0.1) is 5.92 Å². The molecule has 4 nitrogen and oxygen atoms in total. The second-order valence-corrected chi connectivity index (χ2v) is 5.65. The third-order valence-corrected chi connectivity index (χ3v) is 3.95. The number of amides is 1. The van der Waals surface area contributed by atoms with E-state index in [1.165, 1.54) is 0 Å². The molecule has 3 rings (SSSR count). The van der Waals surface area contributed by atoms with Gasteiger partial charge in [0.05, 0.1) is 6.10 Å². The van der Waals surface area contributed by atoms with Gasteiger partial charge in [0.2, 0.25) is 0 Å². The monoisotopic (exact) mass is 259 g/mol. The zero-order chi connectivity index (χ0) is 13.6. The number of ether oxygens (including phenoxy) is 1. The van der Waals surface area contributed by atoms with Crippen molar-refractivity contribution >= 4 is 17.4 Å². The predicted octanol–water partition coefficient (Wildman–Crippen LogP) is 2.24. The molecule has 1 saturated heterocycles. The summed E-state index contributed by atoms with van der Waals surface area (Å²) >= 11 is 0. The van der Waals surface area contributed by atoms with Crippen LogP contribution in [0.5, 0.6) is 0 Å². The SMILES string of the molecule is CC(C)[C@@H]1CC(=O)C[C@]2(O1)C(=O)Nc1ccccc12. The molecule has 1 amide bonds. The number of hydrogen-bond acceptors (Lipinski definition) is 3. The number of carbonyl (C=O) groups is 2. The summed E-state index contributed by atoms with van der Waals surface area (Å²) in [5.74, 6) is 0.0888. The lowest BCUT2D eigenvalue weighted by molar-refractivity contribution is -0.174. The zero-order valence-electron chi connectivity index (χ0n) is 11.1. The molecule has 0 unspecified atom stereocenters. The molecule has 0 saturated carbocycles. The van der Waals surface area contributed by atoms with Crippen LogP contribution in [-0.4, -0.2) is 17.8 Å². The van der Waals surface area contributed by atoms with E-state index < -0.39 is 5.60 Å². The Morgan fingerprint density at radius 3 is 2.79 bits per heavy atom. The highest BCUT2D eigenvalue weighted by atomic mass is 16.5. The largest absolute Gasteiger partial charge is 0.356 e. The summed E-state index contributed by atoms with van der Waals surface area (Å²) in [6.07, 6.45) is 0.339. The van der Waals surface area contributed by atoms with Crippen LogP contribution in [0.3, 0.4) is 0 Å². The molecule has 1 spiro atoms. The molecule has 0 aromatic heterocycles. The van der Waals surface area contributed by atoms with Crippen LogP contribution in [0.2, 0.25) is 0 Å². The van der Waals surface area contributed by atoms with Crippen molar-refractivity contribution < 1.29 is 14.3 Å². The second kappa shape index (κ2) is 4.17. The Balaban J connectivity index is 2.07. The Morgan fingerprint density at radius 2 is 2.05 bits per heavy atom. The number of para-hydroxylation sites is 1. The lowest BCUT2D eigenvalue weighted by atomic mass is 9.83. The molecule has 0 aliphatic carbocycles. The summed E-state index contributed by atoms with van der Waals surface area (Å²) in [5.41, 5.74) is 0.435. The minimum atomic E-state index is -1.11. The first-order valence-corrected chi connectivity index (χ1v) is 6.63. The van der Waals surface area contributed by atoms with Crippen molar-refractivity contribution in [1.82, 2.24) is 0 Å². The minimum absolute atomic E-state index is 0.0943. The first kappa shape index (κ1) is 12.4. The van der Waals surface area contributed by atoms with Gasteiger partial charge in [0.25, 0.3) is 5.91 Å². The van der Waals surface area contributed by atoms with E-state index in [2.05, 4.69) is 5.32 Å². The van der Waals surface area contributed by atoms with Crippen molar-refractivity contribution in [3.63, 3.8) is 0 Å². The van der Waals surface area contributed by atoms with Crippen molar-refractivity contribution in [2.24, 2.45) is 5.92 Å². The highest BCUT2D eigenvalue weighted by molar-refractivity contribution is 6.07. The lowest BCUT2D eigenvalue weighted by Crippen LogP contribution is -2.48. The molecule has 2 heterocycles. The van der Waals surface area contributed by atoms with Gasteiger partial charge in [-0.1, -0.05) is 32.0 Å². The Labute approximate surface area is 112 Å². The topological polar surface area (TPSA) is 55.4 Å². The van der Waals surface area contributed by atoms with Crippen LogP contribution in [0.1, 0.15) is 32.3 Å². The standard InChI is InChI=1S/C15H17NO3/c1-9(2)13-7-10(17)8-15(19-13)11-5-3-4-6-12(11)16-14(15)18/h3-6,9,13H,7-8H2,1-2H3,(H,16,18)/t13-,15+/m0/s1. The van der Waals surface area contributed by atoms with Gasteiger partial charge in [-0.2, -0.15) is 0 Å². The molecule has 19 heavy (non-hydrogen) atoms. The predicted molar refractivity (Wildman–Crippen MR) is 70.7 cm³/mol. The van der Waals surface area contributed by atoms with Crippen LogP contribution in [0.25, 0.3) is 0 Å². The highest BCUT2D eigenvalue weighted by Crippen LogP contribution is 2.45. The number of carbonyl (C=O) groups excluding carboxylic acids is 2. The van der Waals surface area contributed by atoms with Gasteiger partial charge in [0.15, 0.2) is 5.60 Å². The van der Waals surface area contributed by atoms with Gasteiger partial charge in [-0.25, -0.2) is 0 Å².